The average Bonchev–Trinajstić information content (AvgIpc) is 3.05. The number of thioether (sulfide) groups is 1. The van der Waals surface area contributed by atoms with Gasteiger partial charge < -0.3 is 10.7 Å². The van der Waals surface area contributed by atoms with Gasteiger partial charge >= 0.3 is 0 Å². The number of hydrogen-bond acceptors (Lipinski definition) is 5. The van der Waals surface area contributed by atoms with Crippen LogP contribution in [-0.2, 0) is 11.2 Å². The van der Waals surface area contributed by atoms with Gasteiger partial charge in [-0.2, -0.15) is 0 Å². The van der Waals surface area contributed by atoms with Crippen molar-refractivity contribution in [3.63, 3.8) is 0 Å². The summed E-state index contributed by atoms with van der Waals surface area (Å²) < 4.78 is 1.52. The Hall–Kier alpha value is -2.54. The average molecular weight is 410 g/mol. The summed E-state index contributed by atoms with van der Waals surface area (Å²) in [6.45, 7) is 6.09. The van der Waals surface area contributed by atoms with E-state index in [0.717, 1.165) is 18.7 Å². The van der Waals surface area contributed by atoms with E-state index in [2.05, 4.69) is 48.3 Å². The highest BCUT2D eigenvalue weighted by Crippen LogP contribution is 2.24. The van der Waals surface area contributed by atoms with Gasteiger partial charge in [-0.25, -0.2) is 4.68 Å². The second-order valence-electron chi connectivity index (χ2n) is 8.12. The van der Waals surface area contributed by atoms with Gasteiger partial charge in [0, 0.05) is 19.5 Å². The van der Waals surface area contributed by atoms with Crippen molar-refractivity contribution < 1.29 is 4.79 Å². The molecule has 2 heterocycles. The number of amides is 1. The first-order valence-electron chi connectivity index (χ1n) is 10.1. The summed E-state index contributed by atoms with van der Waals surface area (Å²) in [5.41, 5.74) is 1.16. The van der Waals surface area contributed by atoms with Crippen LogP contribution in [0.5, 0.6) is 0 Å². The van der Waals surface area contributed by atoms with E-state index in [-0.39, 0.29) is 5.91 Å². The van der Waals surface area contributed by atoms with Gasteiger partial charge in [-0.1, -0.05) is 68.1 Å². The molecule has 1 fully saturated rings. The molecule has 1 amide bonds. The Morgan fingerprint density at radius 3 is 2.62 bits per heavy atom. The molecule has 6 nitrogen and oxygen atoms in total. The third-order valence-corrected chi connectivity index (χ3v) is 6.44. The lowest BCUT2D eigenvalue weighted by Gasteiger charge is -2.34. The van der Waals surface area contributed by atoms with Gasteiger partial charge in [-0.05, 0) is 34.6 Å². The van der Waals surface area contributed by atoms with E-state index in [1.54, 1.807) is 0 Å². The molecule has 152 valence electrons. The molecule has 1 aliphatic rings. The molecule has 0 saturated carbocycles. The lowest BCUT2D eigenvalue weighted by molar-refractivity contribution is -0.130. The summed E-state index contributed by atoms with van der Waals surface area (Å²) in [5, 5.41) is 11.5. The van der Waals surface area contributed by atoms with Crippen molar-refractivity contribution >= 4 is 28.4 Å². The van der Waals surface area contributed by atoms with Gasteiger partial charge in [0.05, 0.1) is 5.75 Å². The molecular weight excluding hydrogens is 382 g/mol. The van der Waals surface area contributed by atoms with Gasteiger partial charge in [0.15, 0.2) is 5.82 Å². The number of rotatable bonds is 5. The molecule has 2 atom stereocenters. The maximum atomic E-state index is 12.6. The Morgan fingerprint density at radius 1 is 1.10 bits per heavy atom. The number of likely N-dealkylation sites (tertiary alicyclic amines) is 1. The van der Waals surface area contributed by atoms with Gasteiger partial charge in [-0.3, -0.25) is 4.79 Å². The number of nitrogen functional groups attached to an aromatic ring is 1. The molecule has 29 heavy (non-hydrogen) atoms. The zero-order valence-corrected chi connectivity index (χ0v) is 17.7. The van der Waals surface area contributed by atoms with Gasteiger partial charge in [-0.15, -0.1) is 10.2 Å². The molecule has 1 aliphatic heterocycles. The van der Waals surface area contributed by atoms with Crippen LogP contribution in [-0.4, -0.2) is 44.5 Å². The van der Waals surface area contributed by atoms with E-state index in [1.807, 2.05) is 23.1 Å². The lowest BCUT2D eigenvalue weighted by Crippen LogP contribution is -2.43. The predicted octanol–water partition coefficient (Wildman–Crippen LogP) is 3.33. The number of fused-ring (bicyclic) bond motifs is 1. The van der Waals surface area contributed by atoms with E-state index in [9.17, 15) is 4.79 Å². The minimum absolute atomic E-state index is 0.145. The molecule has 0 aliphatic carbocycles. The number of carbonyl (C=O) groups is 1. The van der Waals surface area contributed by atoms with Crippen molar-refractivity contribution in [1.29, 1.82) is 0 Å². The fraction of sp³-hybridized carbons (Fsp3) is 0.409. The second kappa shape index (κ2) is 8.45. The summed E-state index contributed by atoms with van der Waals surface area (Å²) in [7, 11) is 0. The largest absolute Gasteiger partial charge is 0.341 e. The highest BCUT2D eigenvalue weighted by molar-refractivity contribution is 7.99. The Kier molecular flexibility index (Phi) is 5.76. The van der Waals surface area contributed by atoms with E-state index in [1.165, 1.54) is 33.6 Å². The number of benzene rings is 2. The number of piperidine rings is 1. The third kappa shape index (κ3) is 4.40. The maximum Gasteiger partial charge on any atom is 0.233 e. The van der Waals surface area contributed by atoms with Crippen molar-refractivity contribution in [1.82, 2.24) is 19.8 Å². The van der Waals surface area contributed by atoms with Gasteiger partial charge in [0.25, 0.3) is 0 Å². The fourth-order valence-corrected chi connectivity index (χ4v) is 5.01. The van der Waals surface area contributed by atoms with Crippen LogP contribution < -0.4 is 5.84 Å². The zero-order chi connectivity index (χ0) is 20.4. The van der Waals surface area contributed by atoms with Crippen molar-refractivity contribution in [2.75, 3.05) is 24.7 Å². The number of nitrogens with zero attached hydrogens (tertiary/aromatic N) is 4. The predicted molar refractivity (Wildman–Crippen MR) is 117 cm³/mol. The van der Waals surface area contributed by atoms with Crippen LogP contribution in [0.2, 0.25) is 0 Å². The number of hydrogen-bond donors (Lipinski definition) is 1. The number of carbonyl (C=O) groups excluding carboxylic acids is 1. The molecule has 0 radical (unpaired) electrons. The molecule has 2 N–H and O–H groups in total. The standard InChI is InChI=1S/C22H27N5OS/c1-15-10-16(2)13-26(12-15)21(28)14-29-22-25-24-20(27(22)23)11-18-8-5-7-17-6-3-4-9-19(17)18/h3-9,15-16H,10-14,23H2,1-2H3/t15-,16-/m1/s1. The van der Waals surface area contributed by atoms with E-state index in [4.69, 9.17) is 5.84 Å². The van der Waals surface area contributed by atoms with Crippen LogP contribution in [0, 0.1) is 11.8 Å². The van der Waals surface area contributed by atoms with E-state index >= 15 is 0 Å². The van der Waals surface area contributed by atoms with Crippen LogP contribution >= 0.6 is 11.8 Å². The minimum Gasteiger partial charge on any atom is -0.341 e. The molecular formula is C22H27N5OS. The topological polar surface area (TPSA) is 77.0 Å². The Morgan fingerprint density at radius 2 is 1.83 bits per heavy atom. The highest BCUT2D eigenvalue weighted by atomic mass is 32.2. The molecule has 4 rings (SSSR count). The monoisotopic (exact) mass is 409 g/mol. The first-order valence-corrected chi connectivity index (χ1v) is 11.1. The number of nitrogens with two attached hydrogens (primary N) is 1. The van der Waals surface area contributed by atoms with Crippen LogP contribution in [0.1, 0.15) is 31.7 Å². The van der Waals surface area contributed by atoms with Crippen LogP contribution in [0.25, 0.3) is 10.8 Å². The Bertz CT molecular complexity index is 1000. The molecule has 0 bridgehead atoms. The van der Waals surface area contributed by atoms with E-state index in [0.29, 0.717) is 35.0 Å². The molecule has 1 saturated heterocycles. The molecule has 3 aromatic rings. The Balaban J connectivity index is 1.43. The summed E-state index contributed by atoms with van der Waals surface area (Å²) >= 11 is 1.36. The molecule has 2 aromatic carbocycles. The molecule has 0 spiro atoms. The van der Waals surface area contributed by atoms with Crippen LogP contribution in [0.15, 0.2) is 47.6 Å². The van der Waals surface area contributed by atoms with Gasteiger partial charge in [0.1, 0.15) is 0 Å². The maximum absolute atomic E-state index is 12.6. The van der Waals surface area contributed by atoms with Crippen LogP contribution in [0.3, 0.4) is 0 Å². The smallest absolute Gasteiger partial charge is 0.233 e. The van der Waals surface area contributed by atoms with Crippen molar-refractivity contribution in [3.8, 4) is 0 Å². The highest BCUT2D eigenvalue weighted by Gasteiger charge is 2.25. The minimum atomic E-state index is 0.145. The Labute approximate surface area is 175 Å². The summed E-state index contributed by atoms with van der Waals surface area (Å²) in [6, 6.07) is 14.5. The van der Waals surface area contributed by atoms with E-state index < -0.39 is 0 Å². The van der Waals surface area contributed by atoms with Crippen molar-refractivity contribution in [3.05, 3.63) is 53.9 Å². The van der Waals surface area contributed by atoms with Crippen molar-refractivity contribution in [2.45, 2.75) is 31.8 Å². The SMILES string of the molecule is C[C@@H]1C[C@@H](C)CN(C(=O)CSc2nnc(Cc3cccc4ccccc34)n2N)C1. The van der Waals surface area contributed by atoms with Crippen LogP contribution in [0.4, 0.5) is 0 Å². The normalized spacial score (nSPS) is 19.6. The first-order chi connectivity index (χ1) is 14.0. The summed E-state index contributed by atoms with van der Waals surface area (Å²) in [4.78, 5) is 14.6. The summed E-state index contributed by atoms with van der Waals surface area (Å²) in [5.74, 6) is 8.53. The molecule has 0 unspecified atom stereocenters. The molecule has 1 aromatic heterocycles. The second-order valence-corrected chi connectivity index (χ2v) is 9.06. The quantitative estimate of drug-likeness (QED) is 0.517. The third-order valence-electron chi connectivity index (χ3n) is 5.51. The van der Waals surface area contributed by atoms with Crippen molar-refractivity contribution in [2.24, 2.45) is 11.8 Å². The first kappa shape index (κ1) is 19.8. The zero-order valence-electron chi connectivity index (χ0n) is 16.9. The molecule has 7 heteroatoms. The fourth-order valence-electron chi connectivity index (χ4n) is 4.23. The lowest BCUT2D eigenvalue weighted by atomic mass is 9.92. The van der Waals surface area contributed by atoms with Gasteiger partial charge in [0.2, 0.25) is 11.1 Å². The number of aromatic nitrogens is 3. The summed E-state index contributed by atoms with van der Waals surface area (Å²) in [6.07, 6.45) is 1.78.